The van der Waals surface area contributed by atoms with E-state index < -0.39 is 0 Å². The molecule has 0 unspecified atom stereocenters. The fourth-order valence-corrected chi connectivity index (χ4v) is 6.37. The van der Waals surface area contributed by atoms with E-state index >= 15 is 0 Å². The summed E-state index contributed by atoms with van der Waals surface area (Å²) in [4.78, 5) is 15.0. The third-order valence-electron chi connectivity index (χ3n) is 8.45. The Morgan fingerprint density at radius 3 is 1.55 bits per heavy atom. The van der Waals surface area contributed by atoms with E-state index in [1.165, 1.54) is 32.3 Å². The number of pyridine rings is 3. The highest BCUT2D eigenvalue weighted by molar-refractivity contribution is 6.25. The van der Waals surface area contributed by atoms with Gasteiger partial charge in [0.1, 0.15) is 0 Å². The van der Waals surface area contributed by atoms with Gasteiger partial charge in [0.2, 0.25) is 0 Å². The molecule has 0 radical (unpaired) electrons. The molecule has 0 amide bonds. The molecule has 0 aliphatic carbocycles. The number of hydrogen-bond donors (Lipinski definition) is 0. The van der Waals surface area contributed by atoms with Crippen LogP contribution in [0.1, 0.15) is 0 Å². The maximum atomic E-state index is 5.23. The average Bonchev–Trinajstić information content (AvgIpc) is 3.07. The third-order valence-corrected chi connectivity index (χ3v) is 8.45. The van der Waals surface area contributed by atoms with Gasteiger partial charge in [-0.05, 0) is 62.6 Å². The Bertz CT molecular complexity index is 2500. The van der Waals surface area contributed by atoms with Crippen molar-refractivity contribution in [3.05, 3.63) is 140 Å². The smallest absolute Gasteiger partial charge is 0.0972 e. The van der Waals surface area contributed by atoms with E-state index in [2.05, 4.69) is 120 Å². The molecule has 3 nitrogen and oxygen atoms in total. The van der Waals surface area contributed by atoms with Crippen molar-refractivity contribution in [1.29, 1.82) is 0 Å². The van der Waals surface area contributed by atoms with Crippen molar-refractivity contribution in [1.82, 2.24) is 15.0 Å². The molecule has 0 atom stereocenters. The van der Waals surface area contributed by atoms with Crippen LogP contribution in [0.15, 0.2) is 140 Å². The molecule has 9 rings (SSSR count). The van der Waals surface area contributed by atoms with Gasteiger partial charge in [-0.2, -0.15) is 0 Å². The topological polar surface area (TPSA) is 38.7 Å². The normalized spacial score (nSPS) is 11.8. The molecule has 0 N–H and O–H groups in total. The standard InChI is InChI=1S/C39H23N3/c1-6-12-35-26(7-1)21-28(23-40-35)37-20-17-25-14-13-24-16-19-36(41-38(24)39(25)42-37)27-15-18-33-31-10-3-2-8-29(31)30-9-4-5-11-32(30)34(33)22-27/h1-23H. The van der Waals surface area contributed by atoms with Crippen molar-refractivity contribution >= 4 is 65.0 Å². The number of para-hydroxylation sites is 1. The molecule has 0 saturated heterocycles. The summed E-state index contributed by atoms with van der Waals surface area (Å²) in [7, 11) is 0. The largest absolute Gasteiger partial charge is 0.256 e. The zero-order valence-corrected chi connectivity index (χ0v) is 22.6. The fourth-order valence-electron chi connectivity index (χ4n) is 6.37. The van der Waals surface area contributed by atoms with Crippen LogP contribution in [0.5, 0.6) is 0 Å². The van der Waals surface area contributed by atoms with Gasteiger partial charge in [0.15, 0.2) is 0 Å². The number of hydrogen-bond acceptors (Lipinski definition) is 3. The van der Waals surface area contributed by atoms with E-state index in [0.717, 1.165) is 55.2 Å². The summed E-state index contributed by atoms with van der Waals surface area (Å²) < 4.78 is 0. The Morgan fingerprint density at radius 2 is 0.881 bits per heavy atom. The molecule has 0 spiro atoms. The van der Waals surface area contributed by atoms with Crippen LogP contribution in [-0.2, 0) is 0 Å². The molecule has 0 aliphatic rings. The minimum absolute atomic E-state index is 0.893. The lowest BCUT2D eigenvalue weighted by atomic mass is 9.93. The Labute approximate surface area is 241 Å². The van der Waals surface area contributed by atoms with Gasteiger partial charge in [0, 0.05) is 33.5 Å². The second-order valence-corrected chi connectivity index (χ2v) is 10.9. The van der Waals surface area contributed by atoms with Gasteiger partial charge in [-0.1, -0.05) is 103 Å². The first kappa shape index (κ1) is 23.1. The molecule has 3 aromatic heterocycles. The molecule has 9 aromatic rings. The highest BCUT2D eigenvalue weighted by atomic mass is 14.8. The van der Waals surface area contributed by atoms with Crippen LogP contribution < -0.4 is 0 Å². The molecule has 0 saturated carbocycles. The van der Waals surface area contributed by atoms with Crippen molar-refractivity contribution in [2.24, 2.45) is 0 Å². The predicted molar refractivity (Wildman–Crippen MR) is 176 cm³/mol. The lowest BCUT2D eigenvalue weighted by Crippen LogP contribution is -1.92. The molecule has 3 heteroatoms. The molecule has 42 heavy (non-hydrogen) atoms. The summed E-state index contributed by atoms with van der Waals surface area (Å²) in [6.07, 6.45) is 1.91. The SMILES string of the molecule is c1ccc2ncc(-c3ccc4ccc5ccc(-c6ccc7c8ccccc8c8ccccc8c7c6)nc5c4n3)cc2c1. The molecule has 0 fully saturated rings. The van der Waals surface area contributed by atoms with Gasteiger partial charge in [0.25, 0.3) is 0 Å². The first-order valence-electron chi connectivity index (χ1n) is 14.2. The summed E-state index contributed by atoms with van der Waals surface area (Å²) in [6, 6.07) is 47.2. The molecule has 0 aliphatic heterocycles. The second kappa shape index (κ2) is 8.92. The highest BCUT2D eigenvalue weighted by Crippen LogP contribution is 2.37. The van der Waals surface area contributed by atoms with Gasteiger partial charge >= 0.3 is 0 Å². The summed E-state index contributed by atoms with van der Waals surface area (Å²) in [5, 5.41) is 10.8. The lowest BCUT2D eigenvalue weighted by molar-refractivity contribution is 1.34. The molecular weight excluding hydrogens is 510 g/mol. The van der Waals surface area contributed by atoms with Crippen LogP contribution in [0.25, 0.3) is 87.5 Å². The summed E-state index contributed by atoms with van der Waals surface area (Å²) >= 11 is 0. The van der Waals surface area contributed by atoms with Crippen LogP contribution in [0.2, 0.25) is 0 Å². The minimum Gasteiger partial charge on any atom is -0.256 e. The molecule has 0 bridgehead atoms. The van der Waals surface area contributed by atoms with Crippen molar-refractivity contribution in [2.75, 3.05) is 0 Å². The number of rotatable bonds is 2. The summed E-state index contributed by atoms with van der Waals surface area (Å²) in [5.41, 5.74) is 6.71. The van der Waals surface area contributed by atoms with E-state index in [9.17, 15) is 0 Å². The Balaban J connectivity index is 1.24. The fraction of sp³-hybridized carbons (Fsp3) is 0. The minimum atomic E-state index is 0.893. The zero-order chi connectivity index (χ0) is 27.6. The van der Waals surface area contributed by atoms with Gasteiger partial charge in [-0.3, -0.25) is 4.98 Å². The van der Waals surface area contributed by atoms with Crippen molar-refractivity contribution in [2.45, 2.75) is 0 Å². The molecular formula is C39H23N3. The van der Waals surface area contributed by atoms with Gasteiger partial charge in [-0.25, -0.2) is 9.97 Å². The van der Waals surface area contributed by atoms with Crippen molar-refractivity contribution in [3.8, 4) is 22.5 Å². The highest BCUT2D eigenvalue weighted by Gasteiger charge is 2.12. The first-order valence-corrected chi connectivity index (χ1v) is 14.2. The van der Waals surface area contributed by atoms with Crippen molar-refractivity contribution < 1.29 is 0 Å². The van der Waals surface area contributed by atoms with Gasteiger partial charge in [-0.15, -0.1) is 0 Å². The summed E-state index contributed by atoms with van der Waals surface area (Å²) in [6.45, 7) is 0. The number of benzene rings is 6. The zero-order valence-electron chi connectivity index (χ0n) is 22.6. The number of aromatic nitrogens is 3. The van der Waals surface area contributed by atoms with Crippen molar-refractivity contribution in [3.63, 3.8) is 0 Å². The van der Waals surface area contributed by atoms with E-state index in [4.69, 9.17) is 9.97 Å². The van der Waals surface area contributed by atoms with Crippen LogP contribution in [0, 0.1) is 0 Å². The van der Waals surface area contributed by atoms with E-state index in [1.807, 2.05) is 24.4 Å². The van der Waals surface area contributed by atoms with Gasteiger partial charge in [0.05, 0.1) is 27.9 Å². The van der Waals surface area contributed by atoms with Crippen LogP contribution in [0.3, 0.4) is 0 Å². The second-order valence-electron chi connectivity index (χ2n) is 10.9. The Morgan fingerprint density at radius 1 is 0.357 bits per heavy atom. The first-order chi connectivity index (χ1) is 20.8. The maximum Gasteiger partial charge on any atom is 0.0972 e. The monoisotopic (exact) mass is 533 g/mol. The van der Waals surface area contributed by atoms with E-state index in [-0.39, 0.29) is 0 Å². The van der Waals surface area contributed by atoms with Crippen LogP contribution >= 0.6 is 0 Å². The van der Waals surface area contributed by atoms with Crippen LogP contribution in [0.4, 0.5) is 0 Å². The maximum absolute atomic E-state index is 5.23. The average molecular weight is 534 g/mol. The molecule has 194 valence electrons. The molecule has 6 aromatic carbocycles. The summed E-state index contributed by atoms with van der Waals surface area (Å²) in [5.74, 6) is 0. The quantitative estimate of drug-likeness (QED) is 0.208. The molecule has 3 heterocycles. The lowest BCUT2D eigenvalue weighted by Gasteiger charge is -2.12. The Kier molecular flexibility index (Phi) is 4.90. The third kappa shape index (κ3) is 3.50. The Hall–Kier alpha value is -5.67. The van der Waals surface area contributed by atoms with Gasteiger partial charge < -0.3 is 0 Å². The number of nitrogens with zero attached hydrogens (tertiary/aromatic N) is 3. The van der Waals surface area contributed by atoms with E-state index in [0.29, 0.717) is 0 Å². The van der Waals surface area contributed by atoms with Crippen LogP contribution in [-0.4, -0.2) is 15.0 Å². The van der Waals surface area contributed by atoms with E-state index in [1.54, 1.807) is 0 Å². The predicted octanol–water partition coefficient (Wildman–Crippen LogP) is 10.1. The number of fused-ring (bicyclic) bond motifs is 10.